The van der Waals surface area contributed by atoms with E-state index in [-0.39, 0.29) is 6.04 Å². The van der Waals surface area contributed by atoms with Gasteiger partial charge in [-0.25, -0.2) is 0 Å². The highest BCUT2D eigenvalue weighted by atomic mass is 79.9. The van der Waals surface area contributed by atoms with Gasteiger partial charge >= 0.3 is 0 Å². The monoisotopic (exact) mass is 352 g/mol. The normalized spacial score (nSPS) is 12.8. The molecule has 0 aliphatic heterocycles. The molecule has 0 saturated heterocycles. The zero-order valence-electron chi connectivity index (χ0n) is 8.52. The van der Waals surface area contributed by atoms with E-state index in [2.05, 4.69) is 56.9 Å². The van der Waals surface area contributed by atoms with Crippen molar-refractivity contribution in [1.82, 2.24) is 5.43 Å². The van der Waals surface area contributed by atoms with Crippen molar-refractivity contribution < 1.29 is 0 Å². The number of hydrogen-bond donors (Lipinski definition) is 2. The number of thiophene rings is 1. The summed E-state index contributed by atoms with van der Waals surface area (Å²) in [5.41, 5.74) is 5.22. The van der Waals surface area contributed by atoms with E-state index < -0.39 is 0 Å². The minimum atomic E-state index is 0.134. The Labute approximate surface area is 111 Å². The first-order valence-electron chi connectivity index (χ1n) is 4.66. The molecule has 1 rings (SSSR count). The zero-order valence-corrected chi connectivity index (χ0v) is 12.5. The second kappa shape index (κ2) is 6.15. The van der Waals surface area contributed by atoms with Crippen LogP contribution in [-0.4, -0.2) is 0 Å². The third-order valence-corrected chi connectivity index (χ3v) is 4.64. The van der Waals surface area contributed by atoms with Crippen LogP contribution >= 0.6 is 43.2 Å². The first-order chi connectivity index (χ1) is 7.08. The van der Waals surface area contributed by atoms with Gasteiger partial charge in [0.15, 0.2) is 0 Å². The van der Waals surface area contributed by atoms with Crippen LogP contribution in [0.25, 0.3) is 0 Å². The molecular weight excluding hydrogens is 340 g/mol. The molecule has 0 amide bonds. The van der Waals surface area contributed by atoms with Gasteiger partial charge in [0.05, 0.1) is 13.6 Å². The van der Waals surface area contributed by atoms with Crippen LogP contribution in [-0.2, 0) is 0 Å². The van der Waals surface area contributed by atoms with Gasteiger partial charge in [0.25, 0.3) is 0 Å². The van der Waals surface area contributed by atoms with E-state index in [0.29, 0.717) is 0 Å². The van der Waals surface area contributed by atoms with Crippen molar-refractivity contribution >= 4 is 43.2 Å². The molecule has 1 atom stereocenters. The standard InChI is InChI=1S/C10H14Br2N2S/c1-3-6(2)4-8(14-13)7-5-9(11)15-10(7)12/h5,8,14H,2-4,13H2,1H3. The van der Waals surface area contributed by atoms with Gasteiger partial charge in [-0.2, -0.15) is 0 Å². The predicted molar refractivity (Wildman–Crippen MR) is 73.8 cm³/mol. The maximum Gasteiger partial charge on any atom is 0.0758 e. The molecule has 1 heterocycles. The lowest BCUT2D eigenvalue weighted by molar-refractivity contribution is 0.544. The fourth-order valence-corrected chi connectivity index (χ4v) is 4.26. The molecule has 0 fully saturated rings. The van der Waals surface area contributed by atoms with Gasteiger partial charge in [0.2, 0.25) is 0 Å². The average molecular weight is 354 g/mol. The fraction of sp³-hybridized carbons (Fsp3) is 0.400. The summed E-state index contributed by atoms with van der Waals surface area (Å²) in [6, 6.07) is 2.22. The highest BCUT2D eigenvalue weighted by Crippen LogP contribution is 2.37. The van der Waals surface area contributed by atoms with E-state index in [0.717, 1.165) is 20.4 Å². The number of hydrogen-bond acceptors (Lipinski definition) is 3. The van der Waals surface area contributed by atoms with Crippen LogP contribution in [0.4, 0.5) is 0 Å². The Morgan fingerprint density at radius 3 is 2.73 bits per heavy atom. The van der Waals surface area contributed by atoms with Crippen molar-refractivity contribution in [3.05, 3.63) is 31.4 Å². The third kappa shape index (κ3) is 3.67. The molecule has 0 aliphatic rings. The highest BCUT2D eigenvalue weighted by Gasteiger charge is 2.16. The first kappa shape index (κ1) is 13.4. The Kier molecular flexibility index (Phi) is 5.49. The van der Waals surface area contributed by atoms with Crippen molar-refractivity contribution in [3.63, 3.8) is 0 Å². The van der Waals surface area contributed by atoms with Crippen molar-refractivity contribution in [2.45, 2.75) is 25.8 Å². The molecule has 1 aromatic heterocycles. The maximum absolute atomic E-state index is 5.56. The topological polar surface area (TPSA) is 38.0 Å². The Balaban J connectivity index is 2.82. The summed E-state index contributed by atoms with van der Waals surface area (Å²) >= 11 is 8.65. The average Bonchev–Trinajstić information content (AvgIpc) is 2.54. The van der Waals surface area contributed by atoms with Gasteiger partial charge < -0.3 is 0 Å². The van der Waals surface area contributed by atoms with Crippen molar-refractivity contribution in [2.75, 3.05) is 0 Å². The van der Waals surface area contributed by atoms with Gasteiger partial charge in [-0.1, -0.05) is 19.1 Å². The number of nitrogens with two attached hydrogens (primary N) is 1. The summed E-state index contributed by atoms with van der Waals surface area (Å²) in [5.74, 6) is 5.56. The molecule has 0 bridgehead atoms. The van der Waals surface area contributed by atoms with Crippen LogP contribution in [0.5, 0.6) is 0 Å². The van der Waals surface area contributed by atoms with E-state index in [1.807, 2.05) is 0 Å². The lowest BCUT2D eigenvalue weighted by Crippen LogP contribution is -2.28. The number of hydrazine groups is 1. The molecule has 84 valence electrons. The van der Waals surface area contributed by atoms with Gasteiger partial charge in [-0.05, 0) is 56.3 Å². The smallest absolute Gasteiger partial charge is 0.0758 e. The lowest BCUT2D eigenvalue weighted by Gasteiger charge is -2.16. The van der Waals surface area contributed by atoms with Gasteiger partial charge in [-0.3, -0.25) is 11.3 Å². The number of nitrogens with one attached hydrogen (secondary N) is 1. The Morgan fingerprint density at radius 2 is 2.33 bits per heavy atom. The predicted octanol–water partition coefficient (Wildman–Crippen LogP) is 4.13. The summed E-state index contributed by atoms with van der Waals surface area (Å²) < 4.78 is 2.22. The Hall–Kier alpha value is 0.320. The third-order valence-electron chi connectivity index (χ3n) is 2.25. The van der Waals surface area contributed by atoms with Gasteiger partial charge in [0, 0.05) is 0 Å². The molecule has 0 spiro atoms. The van der Waals surface area contributed by atoms with Crippen LogP contribution in [0.15, 0.2) is 25.8 Å². The van der Waals surface area contributed by atoms with E-state index in [4.69, 9.17) is 5.84 Å². The summed E-state index contributed by atoms with van der Waals surface area (Å²) in [7, 11) is 0. The van der Waals surface area contributed by atoms with Crippen molar-refractivity contribution in [1.29, 1.82) is 0 Å². The van der Waals surface area contributed by atoms with Crippen molar-refractivity contribution in [3.8, 4) is 0 Å². The minimum Gasteiger partial charge on any atom is -0.271 e. The summed E-state index contributed by atoms with van der Waals surface area (Å²) in [5, 5.41) is 0. The van der Waals surface area contributed by atoms with Crippen LogP contribution in [0.1, 0.15) is 31.4 Å². The molecule has 0 aromatic carbocycles. The molecular formula is C10H14Br2N2S. The number of rotatable bonds is 5. The summed E-state index contributed by atoms with van der Waals surface area (Å²) in [6.45, 7) is 6.11. The van der Waals surface area contributed by atoms with Crippen LogP contribution in [0.2, 0.25) is 0 Å². The van der Waals surface area contributed by atoms with Gasteiger partial charge in [0.1, 0.15) is 0 Å². The molecule has 15 heavy (non-hydrogen) atoms. The van der Waals surface area contributed by atoms with Crippen LogP contribution in [0.3, 0.4) is 0 Å². The summed E-state index contributed by atoms with van der Waals surface area (Å²) in [6.07, 6.45) is 1.86. The Bertz CT molecular complexity index is 349. The molecule has 0 saturated carbocycles. The van der Waals surface area contributed by atoms with E-state index >= 15 is 0 Å². The van der Waals surface area contributed by atoms with E-state index in [1.165, 1.54) is 11.1 Å². The van der Waals surface area contributed by atoms with Crippen LogP contribution < -0.4 is 11.3 Å². The second-order valence-corrected chi connectivity index (χ2v) is 7.06. The number of halogens is 2. The molecule has 1 aromatic rings. The van der Waals surface area contributed by atoms with Crippen molar-refractivity contribution in [2.24, 2.45) is 5.84 Å². The highest BCUT2D eigenvalue weighted by molar-refractivity contribution is 9.12. The Morgan fingerprint density at radius 1 is 1.67 bits per heavy atom. The largest absolute Gasteiger partial charge is 0.271 e. The fourth-order valence-electron chi connectivity index (χ4n) is 1.28. The molecule has 2 nitrogen and oxygen atoms in total. The minimum absolute atomic E-state index is 0.134. The summed E-state index contributed by atoms with van der Waals surface area (Å²) in [4.78, 5) is 0. The maximum atomic E-state index is 5.56. The van der Waals surface area contributed by atoms with Gasteiger partial charge in [-0.15, -0.1) is 11.3 Å². The van der Waals surface area contributed by atoms with E-state index in [1.54, 1.807) is 11.3 Å². The molecule has 5 heteroatoms. The molecule has 0 radical (unpaired) electrons. The second-order valence-electron chi connectivity index (χ2n) is 3.31. The first-order valence-corrected chi connectivity index (χ1v) is 7.06. The lowest BCUT2D eigenvalue weighted by atomic mass is 10.0. The zero-order chi connectivity index (χ0) is 11.4. The van der Waals surface area contributed by atoms with E-state index in [9.17, 15) is 0 Å². The quantitative estimate of drug-likeness (QED) is 0.474. The molecule has 0 aliphatic carbocycles. The molecule has 3 N–H and O–H groups in total. The van der Waals surface area contributed by atoms with Crippen LogP contribution in [0, 0.1) is 0 Å². The SMILES string of the molecule is C=C(CC)CC(NN)c1cc(Br)sc1Br. The molecule has 1 unspecified atom stereocenters.